The monoisotopic (exact) mass is 205 g/mol. The molecule has 0 spiro atoms. The fraction of sp³-hybridized carbons (Fsp3) is 0.222. The fourth-order valence-corrected chi connectivity index (χ4v) is 0.862. The average molecular weight is 205 g/mol. The Morgan fingerprint density at radius 3 is 2.53 bits per heavy atom. The van der Waals surface area contributed by atoms with Gasteiger partial charge in [-0.05, 0) is 35.4 Å². The highest BCUT2D eigenvalue weighted by molar-refractivity contribution is 5.79. The van der Waals surface area contributed by atoms with E-state index in [0.717, 1.165) is 5.56 Å². The molecule has 0 aliphatic rings. The maximum atomic E-state index is 8.03. The van der Waals surface area contributed by atoms with Crippen molar-refractivity contribution >= 4 is 6.21 Å². The largest absolute Gasteiger partial charge is 0.394 e. The molecular formula is C9H11N5O. The van der Waals surface area contributed by atoms with Gasteiger partial charge in [-0.25, -0.2) is 0 Å². The summed E-state index contributed by atoms with van der Waals surface area (Å²) in [6.07, 6.45) is 1.72. The Morgan fingerprint density at radius 1 is 1.33 bits per heavy atom. The van der Waals surface area contributed by atoms with Gasteiger partial charge in [-0.15, -0.1) is 0 Å². The minimum absolute atomic E-state index is 0.495. The molecule has 0 aromatic heterocycles. The molecule has 0 N–H and O–H groups in total. The van der Waals surface area contributed by atoms with Crippen LogP contribution in [0, 0.1) is 0 Å². The lowest BCUT2D eigenvalue weighted by atomic mass is 10.2. The van der Waals surface area contributed by atoms with Crippen LogP contribution in [-0.2, 0) is 0 Å². The van der Waals surface area contributed by atoms with Gasteiger partial charge in [0.25, 0.3) is 0 Å². The molecule has 1 aromatic carbocycles. The smallest absolute Gasteiger partial charge is 0.136 e. The predicted molar refractivity (Wildman–Crippen MR) is 57.5 cm³/mol. The minimum atomic E-state index is 0.495. The van der Waals surface area contributed by atoms with E-state index < -0.39 is 0 Å². The molecule has 0 atom stereocenters. The van der Waals surface area contributed by atoms with Gasteiger partial charge in [-0.1, -0.05) is 0 Å². The predicted octanol–water partition coefficient (Wildman–Crippen LogP) is 2.19. The van der Waals surface area contributed by atoms with E-state index in [0.29, 0.717) is 5.75 Å². The maximum absolute atomic E-state index is 8.03. The molecule has 6 nitrogen and oxygen atoms in total. The lowest BCUT2D eigenvalue weighted by molar-refractivity contribution is 0.333. The molecule has 1 rings (SSSR count). The van der Waals surface area contributed by atoms with E-state index >= 15 is 0 Å². The zero-order valence-electron chi connectivity index (χ0n) is 8.53. The van der Waals surface area contributed by atoms with Crippen molar-refractivity contribution in [2.45, 2.75) is 0 Å². The quantitative estimate of drug-likeness (QED) is 0.248. The van der Waals surface area contributed by atoms with E-state index in [1.54, 1.807) is 23.4 Å². The standard InChI is InChI=1S/C9H11N5O/c1-14(2)11-7-8-3-5-9(6-4-8)15-13-12-10/h3-7H,1-2H3/b11-7+. The molecule has 15 heavy (non-hydrogen) atoms. The van der Waals surface area contributed by atoms with Gasteiger partial charge in [-0.2, -0.15) is 5.10 Å². The fourth-order valence-electron chi connectivity index (χ4n) is 0.862. The number of nitrogens with zero attached hydrogens (tertiary/aromatic N) is 5. The number of hydrogen-bond donors (Lipinski definition) is 0. The van der Waals surface area contributed by atoms with Crippen LogP contribution >= 0.6 is 0 Å². The van der Waals surface area contributed by atoms with Crippen molar-refractivity contribution in [3.8, 4) is 5.75 Å². The number of rotatable bonds is 4. The van der Waals surface area contributed by atoms with Gasteiger partial charge in [0.05, 0.1) is 6.21 Å². The molecule has 0 unspecified atom stereocenters. The SMILES string of the molecule is CN(C)/N=C/c1ccc(ON=[N+]=[N-])cc1. The molecule has 0 saturated carbocycles. The second kappa shape index (κ2) is 5.51. The molecule has 6 heteroatoms. The maximum Gasteiger partial charge on any atom is 0.136 e. The van der Waals surface area contributed by atoms with Gasteiger partial charge in [-0.3, -0.25) is 0 Å². The summed E-state index contributed by atoms with van der Waals surface area (Å²) in [4.78, 5) is 7.17. The third kappa shape index (κ3) is 4.02. The molecule has 0 aliphatic heterocycles. The van der Waals surface area contributed by atoms with Crippen LogP contribution in [0.15, 0.2) is 34.6 Å². The Balaban J connectivity index is 2.67. The van der Waals surface area contributed by atoms with Crippen LogP contribution in [0.5, 0.6) is 5.75 Å². The molecular weight excluding hydrogens is 194 g/mol. The molecule has 0 saturated heterocycles. The Bertz CT molecular complexity index is 378. The first-order valence-corrected chi connectivity index (χ1v) is 4.25. The van der Waals surface area contributed by atoms with Crippen molar-refractivity contribution in [2.75, 3.05) is 14.1 Å². The van der Waals surface area contributed by atoms with Crippen molar-refractivity contribution in [1.82, 2.24) is 5.01 Å². The minimum Gasteiger partial charge on any atom is -0.394 e. The highest BCUT2D eigenvalue weighted by Crippen LogP contribution is 2.11. The third-order valence-corrected chi connectivity index (χ3v) is 1.50. The van der Waals surface area contributed by atoms with Crippen LogP contribution in [-0.4, -0.2) is 25.3 Å². The summed E-state index contributed by atoms with van der Waals surface area (Å²) in [7, 11) is 3.69. The topological polar surface area (TPSA) is 73.6 Å². The van der Waals surface area contributed by atoms with Crippen molar-refractivity contribution < 1.29 is 4.84 Å². The molecule has 0 aliphatic carbocycles. The summed E-state index contributed by atoms with van der Waals surface area (Å²) in [5.41, 5.74) is 8.98. The molecule has 0 fully saturated rings. The van der Waals surface area contributed by atoms with E-state index in [2.05, 4.69) is 20.1 Å². The molecule has 0 bridgehead atoms. The Hall–Kier alpha value is -2.20. The number of benzene rings is 1. The first-order chi connectivity index (χ1) is 7.22. The zero-order chi connectivity index (χ0) is 11.1. The lowest BCUT2D eigenvalue weighted by Gasteiger charge is -2.02. The summed E-state index contributed by atoms with van der Waals surface area (Å²) in [5.74, 6) is 0.495. The summed E-state index contributed by atoms with van der Waals surface area (Å²) < 4.78 is 0. The van der Waals surface area contributed by atoms with E-state index in [9.17, 15) is 0 Å². The second-order valence-corrected chi connectivity index (χ2v) is 2.92. The van der Waals surface area contributed by atoms with Crippen LogP contribution in [0.3, 0.4) is 0 Å². The molecule has 0 radical (unpaired) electrons. The van der Waals surface area contributed by atoms with Crippen LogP contribution in [0.2, 0.25) is 0 Å². The first-order valence-electron chi connectivity index (χ1n) is 4.25. The summed E-state index contributed by atoms with van der Waals surface area (Å²) >= 11 is 0. The molecule has 0 amide bonds. The normalized spacial score (nSPS) is 9.73. The van der Waals surface area contributed by atoms with E-state index in [1.807, 2.05) is 26.2 Å². The van der Waals surface area contributed by atoms with Gasteiger partial charge < -0.3 is 9.85 Å². The van der Waals surface area contributed by atoms with Crippen LogP contribution < -0.4 is 4.84 Å². The average Bonchev–Trinajstić information content (AvgIpc) is 2.25. The van der Waals surface area contributed by atoms with Crippen molar-refractivity contribution in [1.29, 1.82) is 0 Å². The third-order valence-electron chi connectivity index (χ3n) is 1.50. The highest BCUT2D eigenvalue weighted by Gasteiger charge is 1.92. The summed E-state index contributed by atoms with van der Waals surface area (Å²) in [5, 5.41) is 8.76. The van der Waals surface area contributed by atoms with Gasteiger partial charge in [0.1, 0.15) is 11.0 Å². The Kier molecular flexibility index (Phi) is 4.00. The van der Waals surface area contributed by atoms with Crippen LogP contribution in [0.25, 0.3) is 10.4 Å². The van der Waals surface area contributed by atoms with Gasteiger partial charge in [0, 0.05) is 19.0 Å². The Morgan fingerprint density at radius 2 is 2.00 bits per heavy atom. The van der Waals surface area contributed by atoms with Crippen molar-refractivity contribution in [3.05, 3.63) is 40.3 Å². The van der Waals surface area contributed by atoms with Gasteiger partial charge in [0.2, 0.25) is 0 Å². The lowest BCUT2D eigenvalue weighted by Crippen LogP contribution is -2.01. The van der Waals surface area contributed by atoms with Crippen molar-refractivity contribution in [2.24, 2.45) is 10.4 Å². The van der Waals surface area contributed by atoms with E-state index in [4.69, 9.17) is 5.53 Å². The summed E-state index contributed by atoms with van der Waals surface area (Å²) in [6.45, 7) is 0. The number of azide groups is 1. The molecule has 1 aromatic rings. The molecule has 78 valence electrons. The van der Waals surface area contributed by atoms with E-state index in [1.165, 1.54) is 0 Å². The summed E-state index contributed by atoms with van der Waals surface area (Å²) in [6, 6.07) is 7.03. The van der Waals surface area contributed by atoms with Crippen molar-refractivity contribution in [3.63, 3.8) is 0 Å². The van der Waals surface area contributed by atoms with E-state index in [-0.39, 0.29) is 0 Å². The number of hydrazone groups is 1. The number of hydrogen-bond acceptors (Lipinski definition) is 4. The van der Waals surface area contributed by atoms with Crippen LogP contribution in [0.1, 0.15) is 5.56 Å². The highest BCUT2D eigenvalue weighted by atomic mass is 16.6. The van der Waals surface area contributed by atoms with Crippen LogP contribution in [0.4, 0.5) is 0 Å². The molecule has 0 heterocycles. The first kappa shape index (κ1) is 10.9. The van der Waals surface area contributed by atoms with Gasteiger partial charge in [0.15, 0.2) is 0 Å². The second-order valence-electron chi connectivity index (χ2n) is 2.92. The Labute approximate surface area is 87.4 Å². The zero-order valence-corrected chi connectivity index (χ0v) is 8.53. The van der Waals surface area contributed by atoms with Gasteiger partial charge >= 0.3 is 0 Å².